The summed E-state index contributed by atoms with van der Waals surface area (Å²) < 4.78 is 1.83. The smallest absolute Gasteiger partial charge is 0.269 e. The van der Waals surface area contributed by atoms with Gasteiger partial charge in [-0.1, -0.05) is 37.2 Å². The number of thioether (sulfide) groups is 1. The number of nitrogens with zero attached hydrogens (tertiary/aromatic N) is 5. The molecule has 0 bridgehead atoms. The van der Waals surface area contributed by atoms with E-state index < -0.39 is 4.92 Å². The second-order valence-electron chi connectivity index (χ2n) is 5.57. The van der Waals surface area contributed by atoms with Crippen LogP contribution in [0, 0.1) is 10.1 Å². The van der Waals surface area contributed by atoms with Crippen LogP contribution in [0.4, 0.5) is 11.5 Å². The van der Waals surface area contributed by atoms with Crippen molar-refractivity contribution in [1.82, 2.24) is 19.5 Å². The van der Waals surface area contributed by atoms with Gasteiger partial charge in [-0.2, -0.15) is 0 Å². The van der Waals surface area contributed by atoms with Crippen LogP contribution in [-0.2, 0) is 6.54 Å². The van der Waals surface area contributed by atoms with Crippen LogP contribution in [-0.4, -0.2) is 30.2 Å². The molecule has 0 fully saturated rings. The number of hydrogen-bond acceptors (Lipinski definition) is 7. The van der Waals surface area contributed by atoms with Crippen LogP contribution in [0.1, 0.15) is 25.3 Å². The minimum atomic E-state index is -0.405. The highest BCUT2D eigenvalue weighted by molar-refractivity contribution is 7.99. The number of hydrogen-bond donors (Lipinski definition) is 1. The molecule has 0 atom stereocenters. The molecule has 0 saturated carbocycles. The first-order valence-corrected chi connectivity index (χ1v) is 8.91. The van der Waals surface area contributed by atoms with E-state index >= 15 is 0 Å². The third-order valence-electron chi connectivity index (χ3n) is 3.67. The number of anilines is 1. The van der Waals surface area contributed by atoms with Crippen LogP contribution in [0.5, 0.6) is 0 Å². The largest absolute Gasteiger partial charge is 0.382 e. The summed E-state index contributed by atoms with van der Waals surface area (Å²) in [4.78, 5) is 23.7. The third-order valence-corrected chi connectivity index (χ3v) is 4.61. The lowest BCUT2D eigenvalue weighted by molar-refractivity contribution is -0.384. The number of nitro groups is 1. The summed E-state index contributed by atoms with van der Waals surface area (Å²) in [6, 6.07) is 6.52. The Morgan fingerprint density at radius 1 is 1.36 bits per heavy atom. The molecule has 3 aromatic rings. The Labute approximate surface area is 148 Å². The minimum absolute atomic E-state index is 0.0619. The molecule has 2 N–H and O–H groups in total. The molecule has 130 valence electrons. The van der Waals surface area contributed by atoms with Crippen molar-refractivity contribution in [3.05, 3.63) is 46.3 Å². The first-order valence-electron chi connectivity index (χ1n) is 7.93. The number of unbranched alkanes of at least 4 members (excludes halogenated alkanes) is 1. The fourth-order valence-corrected chi connectivity index (χ4v) is 3.33. The maximum Gasteiger partial charge on any atom is 0.269 e. The number of rotatable bonds is 7. The molecule has 9 heteroatoms. The lowest BCUT2D eigenvalue weighted by Crippen LogP contribution is -2.03. The molecule has 8 nitrogen and oxygen atoms in total. The van der Waals surface area contributed by atoms with Gasteiger partial charge in [0.15, 0.2) is 16.6 Å². The first-order chi connectivity index (χ1) is 12.1. The monoisotopic (exact) mass is 358 g/mol. The number of nitrogens with two attached hydrogens (primary N) is 1. The van der Waals surface area contributed by atoms with E-state index in [-0.39, 0.29) is 5.69 Å². The Hall–Kier alpha value is -2.68. The molecule has 0 amide bonds. The highest BCUT2D eigenvalue weighted by Gasteiger charge is 2.13. The molecular formula is C16H18N6O2S. The van der Waals surface area contributed by atoms with Crippen molar-refractivity contribution >= 4 is 34.4 Å². The van der Waals surface area contributed by atoms with Gasteiger partial charge in [0.05, 0.1) is 17.8 Å². The summed E-state index contributed by atoms with van der Waals surface area (Å²) in [5.41, 5.74) is 8.04. The molecule has 0 aliphatic carbocycles. The van der Waals surface area contributed by atoms with Gasteiger partial charge in [0.1, 0.15) is 5.52 Å². The van der Waals surface area contributed by atoms with Gasteiger partial charge >= 0.3 is 0 Å². The van der Waals surface area contributed by atoms with Gasteiger partial charge in [0.25, 0.3) is 5.69 Å². The molecule has 1 aromatic carbocycles. The average molecular weight is 358 g/mol. The van der Waals surface area contributed by atoms with Crippen molar-refractivity contribution in [1.29, 1.82) is 0 Å². The number of aromatic nitrogens is 4. The Bertz CT molecular complexity index is 911. The van der Waals surface area contributed by atoms with Crippen LogP contribution < -0.4 is 5.73 Å². The molecule has 0 radical (unpaired) electrons. The summed E-state index contributed by atoms with van der Waals surface area (Å²) in [6.45, 7) is 2.56. The van der Waals surface area contributed by atoms with Crippen LogP contribution in [0.15, 0.2) is 35.7 Å². The number of imidazole rings is 1. The normalized spacial score (nSPS) is 11.1. The Balaban J connectivity index is 1.91. The van der Waals surface area contributed by atoms with E-state index in [4.69, 9.17) is 5.73 Å². The zero-order chi connectivity index (χ0) is 17.8. The molecule has 3 rings (SSSR count). The number of nitrogen functional groups attached to an aromatic ring is 1. The van der Waals surface area contributed by atoms with E-state index in [0.29, 0.717) is 28.7 Å². The SMILES string of the molecule is CCCCSc1nc(N)c2ncn(Cc3cccc([N+](=O)[O-])c3)c2n1. The van der Waals surface area contributed by atoms with Gasteiger partial charge in [-0.3, -0.25) is 10.1 Å². The summed E-state index contributed by atoms with van der Waals surface area (Å²) in [5.74, 6) is 1.28. The van der Waals surface area contributed by atoms with Gasteiger partial charge in [-0.25, -0.2) is 15.0 Å². The average Bonchev–Trinajstić information content (AvgIpc) is 2.99. The number of nitro benzene ring substituents is 1. The van der Waals surface area contributed by atoms with E-state index in [9.17, 15) is 10.1 Å². The van der Waals surface area contributed by atoms with Crippen LogP contribution >= 0.6 is 11.8 Å². The van der Waals surface area contributed by atoms with Crippen molar-refractivity contribution in [2.75, 3.05) is 11.5 Å². The van der Waals surface area contributed by atoms with Crippen molar-refractivity contribution in [3.8, 4) is 0 Å². The van der Waals surface area contributed by atoms with E-state index in [1.165, 1.54) is 6.07 Å². The predicted octanol–water partition coefficient (Wildman–Crippen LogP) is 3.26. The van der Waals surface area contributed by atoms with E-state index in [1.54, 1.807) is 30.2 Å². The Morgan fingerprint density at radius 3 is 2.96 bits per heavy atom. The van der Waals surface area contributed by atoms with Crippen molar-refractivity contribution in [3.63, 3.8) is 0 Å². The van der Waals surface area contributed by atoms with Crippen molar-refractivity contribution < 1.29 is 4.92 Å². The topological polar surface area (TPSA) is 113 Å². The minimum Gasteiger partial charge on any atom is -0.382 e. The summed E-state index contributed by atoms with van der Waals surface area (Å²) >= 11 is 1.57. The highest BCUT2D eigenvalue weighted by Crippen LogP contribution is 2.23. The molecular weight excluding hydrogens is 340 g/mol. The molecule has 2 heterocycles. The number of non-ortho nitro benzene ring substituents is 1. The molecule has 0 spiro atoms. The molecule has 2 aromatic heterocycles. The fraction of sp³-hybridized carbons (Fsp3) is 0.312. The van der Waals surface area contributed by atoms with Crippen LogP contribution in [0.3, 0.4) is 0 Å². The molecule has 0 saturated heterocycles. The molecule has 0 aliphatic rings. The zero-order valence-electron chi connectivity index (χ0n) is 13.8. The van der Waals surface area contributed by atoms with E-state index in [1.807, 2.05) is 10.6 Å². The van der Waals surface area contributed by atoms with Gasteiger partial charge in [-0.05, 0) is 12.0 Å². The summed E-state index contributed by atoms with van der Waals surface area (Å²) in [7, 11) is 0. The first kappa shape index (κ1) is 17.2. The van der Waals surface area contributed by atoms with Gasteiger partial charge in [-0.15, -0.1) is 0 Å². The molecule has 0 aliphatic heterocycles. The van der Waals surface area contributed by atoms with Crippen molar-refractivity contribution in [2.24, 2.45) is 0 Å². The van der Waals surface area contributed by atoms with E-state index in [2.05, 4.69) is 21.9 Å². The molecule has 25 heavy (non-hydrogen) atoms. The highest BCUT2D eigenvalue weighted by atomic mass is 32.2. The zero-order valence-corrected chi connectivity index (χ0v) is 14.6. The van der Waals surface area contributed by atoms with Crippen LogP contribution in [0.25, 0.3) is 11.2 Å². The fourth-order valence-electron chi connectivity index (χ4n) is 2.40. The Kier molecular flexibility index (Phi) is 5.13. The summed E-state index contributed by atoms with van der Waals surface area (Å²) in [6.07, 6.45) is 3.82. The standard InChI is InChI=1S/C16H18N6O2S/c1-2-3-7-25-16-19-14(17)13-15(20-16)21(10-18-13)9-11-5-4-6-12(8-11)22(23)24/h4-6,8,10H,2-3,7,9H2,1H3,(H2,17,19,20). The number of benzene rings is 1. The maximum atomic E-state index is 10.9. The third kappa shape index (κ3) is 3.87. The van der Waals surface area contributed by atoms with Gasteiger partial charge < -0.3 is 10.3 Å². The van der Waals surface area contributed by atoms with Crippen molar-refractivity contribution in [2.45, 2.75) is 31.5 Å². The van der Waals surface area contributed by atoms with Crippen LogP contribution in [0.2, 0.25) is 0 Å². The number of fused-ring (bicyclic) bond motifs is 1. The van der Waals surface area contributed by atoms with E-state index in [0.717, 1.165) is 24.2 Å². The van der Waals surface area contributed by atoms with Gasteiger partial charge in [0.2, 0.25) is 0 Å². The second-order valence-corrected chi connectivity index (χ2v) is 6.63. The predicted molar refractivity (Wildman–Crippen MR) is 97.6 cm³/mol. The maximum absolute atomic E-state index is 10.9. The quantitative estimate of drug-likeness (QED) is 0.227. The van der Waals surface area contributed by atoms with Gasteiger partial charge in [0, 0.05) is 17.9 Å². The second kappa shape index (κ2) is 7.47. The summed E-state index contributed by atoms with van der Waals surface area (Å²) in [5, 5.41) is 11.6. The Morgan fingerprint density at radius 2 is 2.20 bits per heavy atom. The lowest BCUT2D eigenvalue weighted by atomic mass is 10.2. The lowest BCUT2D eigenvalue weighted by Gasteiger charge is -2.06. The molecule has 0 unspecified atom stereocenters.